The molecular formula is C22H23BrN4O6. The van der Waals surface area contributed by atoms with Gasteiger partial charge in [-0.1, -0.05) is 27.2 Å². The van der Waals surface area contributed by atoms with Gasteiger partial charge in [-0.2, -0.15) is 4.98 Å². The number of carbonyl (C=O) groups excluding carboxylic acids is 2. The number of aromatic nitrogens is 2. The molecule has 0 spiro atoms. The molecule has 0 bridgehead atoms. The highest BCUT2D eigenvalue weighted by Crippen LogP contribution is 2.31. The number of hydrogen-bond donors (Lipinski definition) is 2. The van der Waals surface area contributed by atoms with Crippen molar-refractivity contribution in [3.8, 4) is 28.6 Å². The zero-order chi connectivity index (χ0) is 23.8. The Morgan fingerprint density at radius 1 is 1.06 bits per heavy atom. The smallest absolute Gasteiger partial charge is 0.316 e. The molecule has 0 aliphatic carbocycles. The zero-order valence-electron chi connectivity index (χ0n) is 18.3. The Morgan fingerprint density at radius 3 is 2.55 bits per heavy atom. The van der Waals surface area contributed by atoms with Gasteiger partial charge < -0.3 is 29.4 Å². The van der Waals surface area contributed by atoms with E-state index in [0.29, 0.717) is 22.8 Å². The summed E-state index contributed by atoms with van der Waals surface area (Å²) in [4.78, 5) is 28.6. The summed E-state index contributed by atoms with van der Waals surface area (Å²) in [7, 11) is 3.05. The van der Waals surface area contributed by atoms with Crippen molar-refractivity contribution in [3.63, 3.8) is 0 Å². The molecule has 1 aromatic heterocycles. The number of carbonyl (C=O) groups is 2. The molecule has 2 amide bonds. The Morgan fingerprint density at radius 2 is 1.82 bits per heavy atom. The molecule has 2 aromatic carbocycles. The molecular weight excluding hydrogens is 496 g/mol. The molecule has 2 N–H and O–H groups in total. The van der Waals surface area contributed by atoms with E-state index in [2.05, 4.69) is 36.7 Å². The number of methoxy groups -OCH3 is 2. The molecule has 33 heavy (non-hydrogen) atoms. The fourth-order valence-corrected chi connectivity index (χ4v) is 3.17. The molecule has 11 heteroatoms. The predicted octanol–water partition coefficient (Wildman–Crippen LogP) is 2.83. The maximum Gasteiger partial charge on any atom is 0.316 e. The first-order valence-corrected chi connectivity index (χ1v) is 10.7. The van der Waals surface area contributed by atoms with Crippen molar-refractivity contribution in [1.82, 2.24) is 20.8 Å². The van der Waals surface area contributed by atoms with Crippen molar-refractivity contribution in [2.75, 3.05) is 27.3 Å². The molecule has 1 atom stereocenters. The van der Waals surface area contributed by atoms with E-state index < -0.39 is 12.0 Å². The third-order valence-corrected chi connectivity index (χ3v) is 4.94. The number of halogens is 1. The van der Waals surface area contributed by atoms with Gasteiger partial charge in [-0.3, -0.25) is 9.59 Å². The molecule has 0 saturated heterocycles. The third-order valence-electron chi connectivity index (χ3n) is 4.45. The van der Waals surface area contributed by atoms with Gasteiger partial charge in [0.05, 0.1) is 14.2 Å². The van der Waals surface area contributed by atoms with Crippen molar-refractivity contribution in [1.29, 1.82) is 0 Å². The van der Waals surface area contributed by atoms with Gasteiger partial charge in [-0.25, -0.2) is 0 Å². The molecule has 0 aliphatic rings. The third kappa shape index (κ3) is 6.45. The monoisotopic (exact) mass is 518 g/mol. The van der Waals surface area contributed by atoms with Crippen molar-refractivity contribution in [3.05, 3.63) is 52.8 Å². The van der Waals surface area contributed by atoms with Crippen LogP contribution >= 0.6 is 15.9 Å². The fraction of sp³-hybridized carbons (Fsp3) is 0.273. The molecule has 0 aliphatic heterocycles. The van der Waals surface area contributed by atoms with E-state index in [0.717, 1.165) is 4.47 Å². The van der Waals surface area contributed by atoms with E-state index in [4.69, 9.17) is 18.7 Å². The van der Waals surface area contributed by atoms with Gasteiger partial charge >= 0.3 is 11.8 Å². The molecule has 1 heterocycles. The minimum atomic E-state index is -0.699. The topological polar surface area (TPSA) is 125 Å². The Hall–Kier alpha value is -3.60. The Kier molecular flexibility index (Phi) is 8.25. The number of benzene rings is 2. The van der Waals surface area contributed by atoms with Crippen LogP contribution in [-0.4, -0.2) is 55.4 Å². The number of rotatable bonds is 10. The van der Waals surface area contributed by atoms with Gasteiger partial charge in [0.25, 0.3) is 5.91 Å². The first kappa shape index (κ1) is 24.1. The van der Waals surface area contributed by atoms with E-state index in [1.807, 2.05) is 12.1 Å². The second-order valence-corrected chi connectivity index (χ2v) is 7.67. The minimum absolute atomic E-state index is 0.169. The van der Waals surface area contributed by atoms with Crippen LogP contribution in [0.4, 0.5) is 0 Å². The van der Waals surface area contributed by atoms with E-state index in [1.165, 1.54) is 14.2 Å². The highest BCUT2D eigenvalue weighted by atomic mass is 79.9. The number of ether oxygens (including phenoxy) is 3. The highest BCUT2D eigenvalue weighted by molar-refractivity contribution is 9.10. The Balaban J connectivity index is 1.47. The van der Waals surface area contributed by atoms with Gasteiger partial charge in [0.2, 0.25) is 5.82 Å². The molecule has 1 unspecified atom stereocenters. The van der Waals surface area contributed by atoms with Crippen LogP contribution in [0.1, 0.15) is 17.6 Å². The minimum Gasteiger partial charge on any atom is -0.493 e. The highest BCUT2D eigenvalue weighted by Gasteiger charge is 2.18. The average molecular weight is 519 g/mol. The van der Waals surface area contributed by atoms with Crippen molar-refractivity contribution in [2.24, 2.45) is 0 Å². The van der Waals surface area contributed by atoms with Crippen molar-refractivity contribution in [2.45, 2.75) is 13.0 Å². The predicted molar refractivity (Wildman–Crippen MR) is 122 cm³/mol. The van der Waals surface area contributed by atoms with Crippen LogP contribution in [-0.2, 0) is 4.79 Å². The SMILES string of the molecule is COc1ccc(-c2noc(C(=O)NCCNC(=O)C(C)Oc3cccc(Br)c3)n2)cc1OC. The van der Waals surface area contributed by atoms with E-state index >= 15 is 0 Å². The first-order chi connectivity index (χ1) is 15.9. The van der Waals surface area contributed by atoms with Crippen LogP contribution in [0, 0.1) is 0 Å². The lowest BCUT2D eigenvalue weighted by molar-refractivity contribution is -0.127. The van der Waals surface area contributed by atoms with Crippen LogP contribution in [0.2, 0.25) is 0 Å². The molecule has 3 aromatic rings. The Labute approximate surface area is 198 Å². The summed E-state index contributed by atoms with van der Waals surface area (Å²) in [6, 6.07) is 12.3. The number of amides is 2. The lowest BCUT2D eigenvalue weighted by atomic mass is 10.2. The summed E-state index contributed by atoms with van der Waals surface area (Å²) < 4.78 is 22.0. The summed E-state index contributed by atoms with van der Waals surface area (Å²) >= 11 is 3.35. The molecule has 0 fully saturated rings. The number of hydrogen-bond acceptors (Lipinski definition) is 8. The Bertz CT molecular complexity index is 1120. The van der Waals surface area contributed by atoms with Crippen LogP contribution in [0.25, 0.3) is 11.4 Å². The standard InChI is InChI=1S/C22H23BrN4O6/c1-13(32-16-6-4-5-15(23)12-16)20(28)24-9-10-25-21(29)22-26-19(27-33-22)14-7-8-17(30-2)18(11-14)31-3/h4-8,11-13H,9-10H2,1-3H3,(H,24,28)(H,25,29). The van der Waals surface area contributed by atoms with Crippen LogP contribution in [0.5, 0.6) is 17.2 Å². The maximum atomic E-state index is 12.3. The molecule has 174 valence electrons. The summed E-state index contributed by atoms with van der Waals surface area (Å²) in [5.41, 5.74) is 0.599. The van der Waals surface area contributed by atoms with Crippen LogP contribution in [0.3, 0.4) is 0 Å². The van der Waals surface area contributed by atoms with E-state index in [1.54, 1.807) is 37.3 Å². The normalized spacial score (nSPS) is 11.4. The van der Waals surface area contributed by atoms with Crippen LogP contribution in [0.15, 0.2) is 51.5 Å². The zero-order valence-corrected chi connectivity index (χ0v) is 19.8. The van der Waals surface area contributed by atoms with Gasteiger partial charge in [0, 0.05) is 23.1 Å². The molecule has 0 saturated carbocycles. The molecule has 0 radical (unpaired) electrons. The first-order valence-electron chi connectivity index (χ1n) is 9.95. The van der Waals surface area contributed by atoms with Gasteiger partial charge in [0.1, 0.15) is 5.75 Å². The fourth-order valence-electron chi connectivity index (χ4n) is 2.79. The second-order valence-electron chi connectivity index (χ2n) is 6.76. The van der Waals surface area contributed by atoms with Crippen molar-refractivity contribution < 1.29 is 28.3 Å². The summed E-state index contributed by atoms with van der Waals surface area (Å²) in [5.74, 6) is 0.799. The second kappa shape index (κ2) is 11.3. The largest absolute Gasteiger partial charge is 0.493 e. The van der Waals surface area contributed by atoms with Gasteiger partial charge in [-0.05, 0) is 43.3 Å². The molecule has 3 rings (SSSR count). The average Bonchev–Trinajstić information content (AvgIpc) is 3.31. The van der Waals surface area contributed by atoms with Crippen molar-refractivity contribution >= 4 is 27.7 Å². The molecule has 10 nitrogen and oxygen atoms in total. The van der Waals surface area contributed by atoms with Crippen LogP contribution < -0.4 is 24.8 Å². The summed E-state index contributed by atoms with van der Waals surface area (Å²) in [6.45, 7) is 2.01. The van der Waals surface area contributed by atoms with E-state index in [9.17, 15) is 9.59 Å². The summed E-state index contributed by atoms with van der Waals surface area (Å²) in [5, 5.41) is 9.14. The number of nitrogens with one attached hydrogen (secondary N) is 2. The quantitative estimate of drug-likeness (QED) is 0.392. The lowest BCUT2D eigenvalue weighted by Gasteiger charge is -2.15. The van der Waals surface area contributed by atoms with Gasteiger partial charge in [-0.15, -0.1) is 0 Å². The summed E-state index contributed by atoms with van der Waals surface area (Å²) in [6.07, 6.45) is -0.699. The van der Waals surface area contributed by atoms with Gasteiger partial charge in [0.15, 0.2) is 17.6 Å². The maximum absolute atomic E-state index is 12.3. The lowest BCUT2D eigenvalue weighted by Crippen LogP contribution is -2.40. The van der Waals surface area contributed by atoms with E-state index in [-0.39, 0.29) is 30.7 Å². The number of nitrogens with zero attached hydrogens (tertiary/aromatic N) is 2.